The fourth-order valence-corrected chi connectivity index (χ4v) is 4.97. The van der Waals surface area contributed by atoms with E-state index in [4.69, 9.17) is 15.2 Å². The summed E-state index contributed by atoms with van der Waals surface area (Å²) in [4.78, 5) is 12.5. The molecule has 2 rings (SSSR count). The van der Waals surface area contributed by atoms with Gasteiger partial charge in [0.2, 0.25) is 5.91 Å². The Bertz CT molecular complexity index is 534. The van der Waals surface area contributed by atoms with Gasteiger partial charge in [0.15, 0.2) is 6.29 Å². The molecule has 7 heteroatoms. The lowest BCUT2D eigenvalue weighted by Crippen LogP contribution is -2.61. The lowest BCUT2D eigenvalue weighted by molar-refractivity contribution is -0.286. The number of nitrogens with one attached hydrogen (secondary N) is 1. The van der Waals surface area contributed by atoms with E-state index in [-0.39, 0.29) is 17.9 Å². The molecule has 9 atom stereocenters. The number of hydrogen-bond donors (Lipinski definition) is 4. The van der Waals surface area contributed by atoms with Crippen molar-refractivity contribution in [3.63, 3.8) is 0 Å². The molecule has 0 spiro atoms. The standard InChI is InChI=1S/C24H46N2O5/c1-5-17-11-8-14-26-23(29)18(6-2)10-7-9-15(3)12-13-19(17)31-24-22(28)20(25)21(27)16(4)30-24/h15-22,24,27-28H,5-14,25H2,1-4H3,(H,26,29)/t15-,16-,17+,18+,19-,20+,21-,22-,24+/m0/s1. The Kier molecular flexibility index (Phi) is 11.2. The van der Waals surface area contributed by atoms with Crippen molar-refractivity contribution in [1.29, 1.82) is 0 Å². The highest BCUT2D eigenvalue weighted by Gasteiger charge is 2.42. The summed E-state index contributed by atoms with van der Waals surface area (Å²) in [6.07, 6.45) is 5.43. The number of carbonyl (C=O) groups is 1. The molecule has 0 bridgehead atoms. The van der Waals surface area contributed by atoms with Crippen molar-refractivity contribution in [2.45, 2.75) is 122 Å². The van der Waals surface area contributed by atoms with E-state index < -0.39 is 30.6 Å². The van der Waals surface area contributed by atoms with Crippen LogP contribution < -0.4 is 11.1 Å². The number of ether oxygens (including phenoxy) is 2. The number of hydrogen-bond acceptors (Lipinski definition) is 6. The Balaban J connectivity index is 2.07. The monoisotopic (exact) mass is 442 g/mol. The lowest BCUT2D eigenvalue weighted by atomic mass is 9.86. The SMILES string of the molecule is CC[C@@H]1CCC[C@H](C)CC[C@H](O[C@H]2O[C@@H](C)[C@H](O)[C@@H](N)[C@@H]2O)[C@H](CC)CCCNC1=O. The topological polar surface area (TPSA) is 114 Å². The van der Waals surface area contributed by atoms with E-state index in [1.54, 1.807) is 6.92 Å². The van der Waals surface area contributed by atoms with Gasteiger partial charge in [-0.2, -0.15) is 0 Å². The zero-order valence-electron chi connectivity index (χ0n) is 20.0. The van der Waals surface area contributed by atoms with Gasteiger partial charge in [-0.05, 0) is 57.3 Å². The molecule has 2 saturated heterocycles. The van der Waals surface area contributed by atoms with Gasteiger partial charge in [0.25, 0.3) is 0 Å². The second-order valence-corrected chi connectivity index (χ2v) is 9.76. The van der Waals surface area contributed by atoms with E-state index in [0.717, 1.165) is 57.8 Å². The first kappa shape index (κ1) is 26.5. The Morgan fingerprint density at radius 2 is 1.77 bits per heavy atom. The molecule has 0 radical (unpaired) electrons. The second kappa shape index (κ2) is 13.1. The number of aliphatic hydroxyl groups excluding tert-OH is 2. The molecule has 0 aromatic carbocycles. The number of amides is 1. The van der Waals surface area contributed by atoms with Gasteiger partial charge >= 0.3 is 0 Å². The van der Waals surface area contributed by atoms with E-state index in [1.165, 1.54) is 0 Å². The minimum atomic E-state index is -1.06. The van der Waals surface area contributed by atoms with Gasteiger partial charge in [-0.1, -0.05) is 40.0 Å². The van der Waals surface area contributed by atoms with Gasteiger partial charge in [0.05, 0.1) is 24.4 Å². The molecule has 0 aromatic rings. The highest BCUT2D eigenvalue weighted by Crippen LogP contribution is 2.30. The summed E-state index contributed by atoms with van der Waals surface area (Å²) in [7, 11) is 0. The molecule has 182 valence electrons. The molecule has 1 amide bonds. The van der Waals surface area contributed by atoms with Gasteiger partial charge in [0.1, 0.15) is 6.10 Å². The Hall–Kier alpha value is -0.730. The molecule has 2 aliphatic rings. The van der Waals surface area contributed by atoms with Gasteiger partial charge in [0, 0.05) is 12.5 Å². The first-order chi connectivity index (χ1) is 14.8. The number of nitrogens with two attached hydrogens (primary N) is 1. The fraction of sp³-hybridized carbons (Fsp3) is 0.958. The third-order valence-corrected chi connectivity index (χ3v) is 7.36. The molecule has 0 aliphatic carbocycles. The van der Waals surface area contributed by atoms with Gasteiger partial charge in [-0.3, -0.25) is 4.79 Å². The van der Waals surface area contributed by atoms with E-state index in [1.807, 2.05) is 0 Å². The summed E-state index contributed by atoms with van der Waals surface area (Å²) in [5.41, 5.74) is 6.00. The summed E-state index contributed by atoms with van der Waals surface area (Å²) < 4.78 is 12.1. The van der Waals surface area contributed by atoms with Crippen LogP contribution in [0.2, 0.25) is 0 Å². The summed E-state index contributed by atoms with van der Waals surface area (Å²) in [6.45, 7) is 8.97. The van der Waals surface area contributed by atoms with Gasteiger partial charge in [-0.25, -0.2) is 0 Å². The minimum absolute atomic E-state index is 0.0521. The Morgan fingerprint density at radius 3 is 2.45 bits per heavy atom. The van der Waals surface area contributed by atoms with Crippen LogP contribution in [0.3, 0.4) is 0 Å². The molecule has 0 saturated carbocycles. The van der Waals surface area contributed by atoms with E-state index in [2.05, 4.69) is 26.1 Å². The van der Waals surface area contributed by atoms with E-state index >= 15 is 0 Å². The fourth-order valence-electron chi connectivity index (χ4n) is 4.97. The largest absolute Gasteiger partial charge is 0.389 e. The molecular formula is C24H46N2O5. The summed E-state index contributed by atoms with van der Waals surface area (Å²) >= 11 is 0. The molecular weight excluding hydrogens is 396 g/mol. The first-order valence-corrected chi connectivity index (χ1v) is 12.5. The normalized spacial score (nSPS) is 41.9. The van der Waals surface area contributed by atoms with Crippen molar-refractivity contribution >= 4 is 5.91 Å². The van der Waals surface area contributed by atoms with Crippen molar-refractivity contribution < 1.29 is 24.5 Å². The van der Waals surface area contributed by atoms with E-state index in [0.29, 0.717) is 18.4 Å². The van der Waals surface area contributed by atoms with Crippen LogP contribution in [0.5, 0.6) is 0 Å². The van der Waals surface area contributed by atoms with Gasteiger partial charge in [-0.15, -0.1) is 0 Å². The molecule has 31 heavy (non-hydrogen) atoms. The van der Waals surface area contributed by atoms with Crippen LogP contribution in [0.25, 0.3) is 0 Å². The van der Waals surface area contributed by atoms with Crippen molar-refractivity contribution in [3.05, 3.63) is 0 Å². The highest BCUT2D eigenvalue weighted by atomic mass is 16.7. The van der Waals surface area contributed by atoms with Crippen LogP contribution in [0.15, 0.2) is 0 Å². The molecule has 2 fully saturated rings. The second-order valence-electron chi connectivity index (χ2n) is 9.76. The maximum absolute atomic E-state index is 12.5. The molecule has 2 aliphatic heterocycles. The zero-order chi connectivity index (χ0) is 23.0. The predicted molar refractivity (Wildman–Crippen MR) is 121 cm³/mol. The minimum Gasteiger partial charge on any atom is -0.389 e. The van der Waals surface area contributed by atoms with Gasteiger partial charge < -0.3 is 30.7 Å². The summed E-state index contributed by atoms with van der Waals surface area (Å²) in [5, 5.41) is 23.8. The van der Waals surface area contributed by atoms with Crippen molar-refractivity contribution in [2.75, 3.05) is 6.54 Å². The highest BCUT2D eigenvalue weighted by molar-refractivity contribution is 5.78. The molecule has 7 nitrogen and oxygen atoms in total. The molecule has 0 aromatic heterocycles. The van der Waals surface area contributed by atoms with Crippen molar-refractivity contribution in [1.82, 2.24) is 5.32 Å². The van der Waals surface area contributed by atoms with Crippen LogP contribution in [0.4, 0.5) is 0 Å². The Morgan fingerprint density at radius 1 is 1.03 bits per heavy atom. The average molecular weight is 443 g/mol. The predicted octanol–water partition coefficient (Wildman–Crippen LogP) is 2.71. The zero-order valence-corrected chi connectivity index (χ0v) is 20.0. The smallest absolute Gasteiger partial charge is 0.223 e. The average Bonchev–Trinajstić information content (AvgIpc) is 2.75. The van der Waals surface area contributed by atoms with Crippen LogP contribution in [0.1, 0.15) is 85.5 Å². The molecule has 2 heterocycles. The summed E-state index contributed by atoms with van der Waals surface area (Å²) in [5.74, 6) is 1.17. The summed E-state index contributed by atoms with van der Waals surface area (Å²) in [6, 6.07) is -0.784. The van der Waals surface area contributed by atoms with Crippen molar-refractivity contribution in [2.24, 2.45) is 23.5 Å². The van der Waals surface area contributed by atoms with E-state index in [9.17, 15) is 15.0 Å². The number of carbonyl (C=O) groups excluding carboxylic acids is 1. The molecule has 0 unspecified atom stereocenters. The third kappa shape index (κ3) is 7.67. The molecule has 5 N–H and O–H groups in total. The van der Waals surface area contributed by atoms with Crippen LogP contribution in [-0.2, 0) is 14.3 Å². The third-order valence-electron chi connectivity index (χ3n) is 7.36. The maximum Gasteiger partial charge on any atom is 0.223 e. The quantitative estimate of drug-likeness (QED) is 0.532. The first-order valence-electron chi connectivity index (χ1n) is 12.5. The maximum atomic E-state index is 12.5. The number of rotatable bonds is 4. The number of aliphatic hydroxyl groups is 2. The van der Waals surface area contributed by atoms with Crippen LogP contribution >= 0.6 is 0 Å². The lowest BCUT2D eigenvalue weighted by Gasteiger charge is -2.42. The van der Waals surface area contributed by atoms with Crippen LogP contribution in [0, 0.1) is 17.8 Å². The van der Waals surface area contributed by atoms with Crippen LogP contribution in [-0.4, -0.2) is 59.4 Å². The Labute approximate surface area is 188 Å². The van der Waals surface area contributed by atoms with Crippen molar-refractivity contribution in [3.8, 4) is 0 Å².